The molecule has 1 aromatic carbocycles. The van der Waals surface area contributed by atoms with E-state index >= 15 is 0 Å². The summed E-state index contributed by atoms with van der Waals surface area (Å²) in [5.74, 6) is 1.01. The Kier molecular flexibility index (Phi) is 7.36. The molecule has 0 saturated carbocycles. The number of carbonyl (C=O) groups excluding carboxylic acids is 1. The van der Waals surface area contributed by atoms with Crippen molar-refractivity contribution in [1.29, 1.82) is 0 Å². The predicted molar refractivity (Wildman–Crippen MR) is 92.9 cm³/mol. The molecule has 5 heteroatoms. The van der Waals surface area contributed by atoms with Crippen molar-refractivity contribution in [3.63, 3.8) is 0 Å². The first-order valence-electron chi connectivity index (χ1n) is 8.55. The standard InChI is InChI=1S/C18H29N3O2/c1-3-20-11-13-21(14-12-20)10-8-18(22)19-9-7-16-5-4-6-17(15-16)23-2/h4-6,15H,3,7-14H2,1-2H3,(H,19,22). The number of likely N-dealkylation sites (N-methyl/N-ethyl adjacent to an activating group) is 1. The Morgan fingerprint density at radius 2 is 1.96 bits per heavy atom. The van der Waals surface area contributed by atoms with Crippen LogP contribution in [0, 0.1) is 0 Å². The van der Waals surface area contributed by atoms with Gasteiger partial charge in [-0.05, 0) is 30.7 Å². The predicted octanol–water partition coefficient (Wildman–Crippen LogP) is 1.38. The molecule has 0 bridgehead atoms. The minimum absolute atomic E-state index is 0.144. The van der Waals surface area contributed by atoms with Gasteiger partial charge in [-0.2, -0.15) is 0 Å². The fourth-order valence-electron chi connectivity index (χ4n) is 2.85. The van der Waals surface area contributed by atoms with Crippen LogP contribution in [0.25, 0.3) is 0 Å². The van der Waals surface area contributed by atoms with Gasteiger partial charge in [0.2, 0.25) is 5.91 Å². The van der Waals surface area contributed by atoms with Crippen LogP contribution in [0.1, 0.15) is 18.9 Å². The minimum Gasteiger partial charge on any atom is -0.497 e. The Morgan fingerprint density at radius 1 is 1.22 bits per heavy atom. The van der Waals surface area contributed by atoms with E-state index in [0.29, 0.717) is 13.0 Å². The average molecular weight is 319 g/mol. The molecular formula is C18H29N3O2. The molecule has 0 unspecified atom stereocenters. The fourth-order valence-corrected chi connectivity index (χ4v) is 2.85. The highest BCUT2D eigenvalue weighted by Gasteiger charge is 2.15. The summed E-state index contributed by atoms with van der Waals surface area (Å²) in [6.45, 7) is 9.25. The number of hydrogen-bond donors (Lipinski definition) is 1. The number of ether oxygens (including phenoxy) is 1. The molecule has 0 aliphatic carbocycles. The number of nitrogens with zero attached hydrogens (tertiary/aromatic N) is 2. The van der Waals surface area contributed by atoms with Gasteiger partial charge in [-0.1, -0.05) is 19.1 Å². The summed E-state index contributed by atoms with van der Waals surface area (Å²) >= 11 is 0. The van der Waals surface area contributed by atoms with Gasteiger partial charge in [-0.15, -0.1) is 0 Å². The molecule has 5 nitrogen and oxygen atoms in total. The number of nitrogens with one attached hydrogen (secondary N) is 1. The molecule has 23 heavy (non-hydrogen) atoms. The number of piperazine rings is 1. The highest BCUT2D eigenvalue weighted by molar-refractivity contribution is 5.76. The average Bonchev–Trinajstić information content (AvgIpc) is 2.60. The Hall–Kier alpha value is -1.59. The number of methoxy groups -OCH3 is 1. The second-order valence-electron chi connectivity index (χ2n) is 5.98. The summed E-state index contributed by atoms with van der Waals surface area (Å²) in [6.07, 6.45) is 1.42. The second-order valence-corrected chi connectivity index (χ2v) is 5.98. The van der Waals surface area contributed by atoms with E-state index in [1.54, 1.807) is 7.11 Å². The van der Waals surface area contributed by atoms with Crippen molar-refractivity contribution in [1.82, 2.24) is 15.1 Å². The molecule has 1 aliphatic rings. The Bertz CT molecular complexity index is 485. The van der Waals surface area contributed by atoms with E-state index in [1.165, 1.54) is 5.56 Å². The maximum atomic E-state index is 11.9. The molecule has 1 aliphatic heterocycles. The van der Waals surface area contributed by atoms with Crippen LogP contribution in [0.2, 0.25) is 0 Å². The monoisotopic (exact) mass is 319 g/mol. The van der Waals surface area contributed by atoms with E-state index in [9.17, 15) is 4.79 Å². The van der Waals surface area contributed by atoms with Gasteiger partial charge in [-0.3, -0.25) is 4.79 Å². The molecule has 1 fully saturated rings. The summed E-state index contributed by atoms with van der Waals surface area (Å²) in [5.41, 5.74) is 1.18. The lowest BCUT2D eigenvalue weighted by atomic mass is 10.1. The van der Waals surface area contributed by atoms with E-state index in [1.807, 2.05) is 18.2 Å². The highest BCUT2D eigenvalue weighted by Crippen LogP contribution is 2.12. The van der Waals surface area contributed by atoms with E-state index in [2.05, 4.69) is 28.1 Å². The first-order valence-corrected chi connectivity index (χ1v) is 8.55. The van der Waals surface area contributed by atoms with Gasteiger partial charge in [0.05, 0.1) is 7.11 Å². The zero-order valence-corrected chi connectivity index (χ0v) is 14.4. The normalized spacial score (nSPS) is 16.3. The van der Waals surface area contributed by atoms with Crippen LogP contribution in [0.3, 0.4) is 0 Å². The largest absolute Gasteiger partial charge is 0.497 e. The molecule has 0 spiro atoms. The first kappa shape index (κ1) is 17.8. The SMILES string of the molecule is CCN1CCN(CCC(=O)NCCc2cccc(OC)c2)CC1. The van der Waals surface area contributed by atoms with Gasteiger partial charge in [0.25, 0.3) is 0 Å². The zero-order valence-electron chi connectivity index (χ0n) is 14.4. The number of hydrogen-bond acceptors (Lipinski definition) is 4. The number of benzene rings is 1. The van der Waals surface area contributed by atoms with Gasteiger partial charge >= 0.3 is 0 Å². The summed E-state index contributed by atoms with van der Waals surface area (Å²) in [7, 11) is 1.67. The van der Waals surface area contributed by atoms with E-state index in [4.69, 9.17) is 4.74 Å². The van der Waals surface area contributed by atoms with Crippen molar-refractivity contribution in [2.24, 2.45) is 0 Å². The molecule has 1 N–H and O–H groups in total. The van der Waals surface area contributed by atoms with Gasteiger partial charge in [0.15, 0.2) is 0 Å². The lowest BCUT2D eigenvalue weighted by molar-refractivity contribution is -0.121. The quantitative estimate of drug-likeness (QED) is 0.786. The van der Waals surface area contributed by atoms with Gasteiger partial charge in [-0.25, -0.2) is 0 Å². The summed E-state index contributed by atoms with van der Waals surface area (Å²) < 4.78 is 5.21. The second kappa shape index (κ2) is 9.53. The summed E-state index contributed by atoms with van der Waals surface area (Å²) in [4.78, 5) is 16.8. The number of carbonyl (C=O) groups is 1. The molecular weight excluding hydrogens is 290 g/mol. The Morgan fingerprint density at radius 3 is 2.65 bits per heavy atom. The molecule has 1 aromatic rings. The number of rotatable bonds is 8. The topological polar surface area (TPSA) is 44.8 Å². The molecule has 1 amide bonds. The van der Waals surface area contributed by atoms with E-state index in [-0.39, 0.29) is 5.91 Å². The highest BCUT2D eigenvalue weighted by atomic mass is 16.5. The molecule has 0 atom stereocenters. The fraction of sp³-hybridized carbons (Fsp3) is 0.611. The van der Waals surface area contributed by atoms with E-state index < -0.39 is 0 Å². The molecule has 1 heterocycles. The zero-order chi connectivity index (χ0) is 16.5. The van der Waals surface area contributed by atoms with Crippen LogP contribution in [0.4, 0.5) is 0 Å². The lowest BCUT2D eigenvalue weighted by Gasteiger charge is -2.33. The van der Waals surface area contributed by atoms with Crippen LogP contribution in [-0.2, 0) is 11.2 Å². The van der Waals surface area contributed by atoms with Gasteiger partial charge in [0.1, 0.15) is 5.75 Å². The lowest BCUT2D eigenvalue weighted by Crippen LogP contribution is -2.47. The van der Waals surface area contributed by atoms with Crippen molar-refractivity contribution in [2.45, 2.75) is 19.8 Å². The maximum Gasteiger partial charge on any atom is 0.221 e. The van der Waals surface area contributed by atoms with E-state index in [0.717, 1.165) is 51.4 Å². The maximum absolute atomic E-state index is 11.9. The van der Waals surface area contributed by atoms with Crippen molar-refractivity contribution >= 4 is 5.91 Å². The molecule has 0 aromatic heterocycles. The third-order valence-electron chi connectivity index (χ3n) is 4.44. The molecule has 128 valence electrons. The number of amides is 1. The molecule has 2 rings (SSSR count). The smallest absolute Gasteiger partial charge is 0.221 e. The van der Waals surface area contributed by atoms with Crippen molar-refractivity contribution < 1.29 is 9.53 Å². The minimum atomic E-state index is 0.144. The van der Waals surface area contributed by atoms with Crippen LogP contribution in [-0.4, -0.2) is 68.6 Å². The summed E-state index contributed by atoms with van der Waals surface area (Å²) in [6, 6.07) is 7.98. The van der Waals surface area contributed by atoms with Crippen LogP contribution < -0.4 is 10.1 Å². The Labute approximate surface area is 139 Å². The van der Waals surface area contributed by atoms with Crippen LogP contribution in [0.5, 0.6) is 5.75 Å². The van der Waals surface area contributed by atoms with Gasteiger partial charge < -0.3 is 19.9 Å². The van der Waals surface area contributed by atoms with Gasteiger partial charge in [0, 0.05) is 45.7 Å². The molecule has 1 saturated heterocycles. The van der Waals surface area contributed by atoms with Crippen LogP contribution >= 0.6 is 0 Å². The van der Waals surface area contributed by atoms with Crippen molar-refractivity contribution in [2.75, 3.05) is 52.9 Å². The van der Waals surface area contributed by atoms with Crippen LogP contribution in [0.15, 0.2) is 24.3 Å². The van der Waals surface area contributed by atoms with Crippen molar-refractivity contribution in [3.8, 4) is 5.75 Å². The Balaban J connectivity index is 1.60. The molecule has 0 radical (unpaired) electrons. The van der Waals surface area contributed by atoms with Crippen molar-refractivity contribution in [3.05, 3.63) is 29.8 Å². The summed E-state index contributed by atoms with van der Waals surface area (Å²) in [5, 5.41) is 3.01. The first-order chi connectivity index (χ1) is 11.2. The third-order valence-corrected chi connectivity index (χ3v) is 4.44. The third kappa shape index (κ3) is 6.20.